The van der Waals surface area contributed by atoms with E-state index in [9.17, 15) is 9.90 Å². The monoisotopic (exact) mass is 334 g/mol. The van der Waals surface area contributed by atoms with Crippen LogP contribution in [0.5, 0.6) is 0 Å². The van der Waals surface area contributed by atoms with Crippen molar-refractivity contribution in [2.45, 2.75) is 64.3 Å². The summed E-state index contributed by atoms with van der Waals surface area (Å²) < 4.78 is 16.2. The largest absolute Gasteiger partial charge is 0.490 e. The lowest BCUT2D eigenvalue weighted by Gasteiger charge is -2.32. The van der Waals surface area contributed by atoms with Gasteiger partial charge in [0.2, 0.25) is 0 Å². The predicted octanol–water partition coefficient (Wildman–Crippen LogP) is 2.13. The van der Waals surface area contributed by atoms with Gasteiger partial charge in [0.15, 0.2) is 0 Å². The molecule has 0 amide bonds. The van der Waals surface area contributed by atoms with Crippen LogP contribution in [0.2, 0.25) is 0 Å². The van der Waals surface area contributed by atoms with Crippen LogP contribution in [0.3, 0.4) is 0 Å². The van der Waals surface area contributed by atoms with E-state index in [1.807, 2.05) is 0 Å². The number of carbonyl (C=O) groups is 1. The summed E-state index contributed by atoms with van der Waals surface area (Å²) in [5.74, 6) is 2.27. The topological polar surface area (TPSA) is 65.0 Å². The molecule has 0 aromatic carbocycles. The van der Waals surface area contributed by atoms with Gasteiger partial charge in [0.1, 0.15) is 0 Å². The number of carbonyl (C=O) groups excluding carboxylic acids is 1. The van der Waals surface area contributed by atoms with Crippen LogP contribution in [0.15, 0.2) is 11.5 Å². The minimum Gasteiger partial charge on any atom is -0.459 e. The van der Waals surface area contributed by atoms with Crippen molar-refractivity contribution < 1.29 is 23.9 Å². The molecule has 24 heavy (non-hydrogen) atoms. The maximum atomic E-state index is 9.72. The first-order valence-corrected chi connectivity index (χ1v) is 8.38. The molecule has 3 rings (SSSR count). The Morgan fingerprint density at radius 2 is 1.92 bits per heavy atom. The molecule has 132 valence electrons. The quantitative estimate of drug-likeness (QED) is 0.344. The molecule has 1 heterocycles. The first-order valence-electron chi connectivity index (χ1n) is 8.38. The van der Waals surface area contributed by atoms with Gasteiger partial charge in [-0.05, 0) is 64.3 Å². The van der Waals surface area contributed by atoms with E-state index in [4.69, 9.17) is 9.31 Å². The van der Waals surface area contributed by atoms with E-state index < -0.39 is 5.97 Å². The summed E-state index contributed by atoms with van der Waals surface area (Å²) in [5, 5.41) is 9.66. The first kappa shape index (κ1) is 19.0. The fourth-order valence-electron chi connectivity index (χ4n) is 3.44. The Morgan fingerprint density at radius 3 is 2.33 bits per heavy atom. The molecule has 5 nitrogen and oxygen atoms in total. The number of rotatable bonds is 1. The Bertz CT molecular complexity index is 544. The van der Waals surface area contributed by atoms with Crippen molar-refractivity contribution in [3.63, 3.8) is 0 Å². The summed E-state index contributed by atoms with van der Waals surface area (Å²) in [6.45, 7) is 8.36. The van der Waals surface area contributed by atoms with Gasteiger partial charge in [-0.3, -0.25) is 0 Å². The molecule has 3 aliphatic rings. The molecule has 2 aliphatic carbocycles. The molecule has 6 heteroatoms. The Labute approximate surface area is 144 Å². The van der Waals surface area contributed by atoms with Gasteiger partial charge in [-0.15, -0.1) is 6.42 Å². The van der Waals surface area contributed by atoms with Gasteiger partial charge in [0.25, 0.3) is 0 Å². The highest BCUT2D eigenvalue weighted by Crippen LogP contribution is 2.47. The Kier molecular flexibility index (Phi) is 5.49. The van der Waals surface area contributed by atoms with E-state index in [1.54, 1.807) is 5.92 Å². The van der Waals surface area contributed by atoms with Crippen LogP contribution in [-0.4, -0.2) is 42.6 Å². The Balaban J connectivity index is 0.000000301. The number of aliphatic hydroxyl groups excluding tert-OH is 1. The smallest absolute Gasteiger partial charge is 0.459 e. The van der Waals surface area contributed by atoms with Crippen LogP contribution in [0, 0.1) is 24.2 Å². The lowest BCUT2D eigenvalue weighted by atomic mass is 9.76. The predicted molar refractivity (Wildman–Crippen MR) is 91.9 cm³/mol. The summed E-state index contributed by atoms with van der Waals surface area (Å²) in [4.78, 5) is 9.72. The molecule has 3 atom stereocenters. The van der Waals surface area contributed by atoms with Crippen molar-refractivity contribution in [2.75, 3.05) is 7.11 Å². The summed E-state index contributed by atoms with van der Waals surface area (Å²) in [6, 6.07) is 0. The van der Waals surface area contributed by atoms with Crippen LogP contribution in [-0.2, 0) is 18.8 Å². The molecule has 0 radical (unpaired) electrons. The highest BCUT2D eigenvalue weighted by Gasteiger charge is 2.54. The Hall–Kier alpha value is -1.29. The number of allylic oxidation sites excluding steroid dienone is 2. The number of aliphatic hydroxyl groups is 1. The van der Waals surface area contributed by atoms with E-state index in [0.717, 1.165) is 19.3 Å². The van der Waals surface area contributed by atoms with E-state index in [-0.39, 0.29) is 24.4 Å². The number of esters is 1. The molecule has 2 fully saturated rings. The van der Waals surface area contributed by atoms with Gasteiger partial charge in [0, 0.05) is 5.92 Å². The van der Waals surface area contributed by atoms with E-state index in [1.165, 1.54) is 12.6 Å². The second-order valence-corrected chi connectivity index (χ2v) is 7.72. The molecular formula is C18H27BO5. The number of hydrogen-bond donors (Lipinski definition) is 1. The van der Waals surface area contributed by atoms with E-state index >= 15 is 0 Å². The van der Waals surface area contributed by atoms with Gasteiger partial charge < -0.3 is 19.2 Å². The van der Waals surface area contributed by atoms with E-state index in [0.29, 0.717) is 11.8 Å². The summed E-state index contributed by atoms with van der Waals surface area (Å²) >= 11 is 0. The fraction of sp³-hybridized carbons (Fsp3) is 0.722. The SMILES string of the molecule is C#CC(=O)OC.CC1(C)OB(C2=CC3CC(O)CC3C2)OC1(C)C. The first-order chi connectivity index (χ1) is 11.1. The van der Waals surface area contributed by atoms with Gasteiger partial charge in [-0.1, -0.05) is 6.08 Å². The number of terminal acetylenes is 1. The lowest BCUT2D eigenvalue weighted by Crippen LogP contribution is -2.41. The number of fused-ring (bicyclic) bond motifs is 1. The molecule has 0 bridgehead atoms. The average molecular weight is 334 g/mol. The Morgan fingerprint density at radius 1 is 1.33 bits per heavy atom. The highest BCUT2D eigenvalue weighted by atomic mass is 16.7. The second kappa shape index (κ2) is 6.91. The summed E-state index contributed by atoms with van der Waals surface area (Å²) in [7, 11) is 1.06. The van der Waals surface area contributed by atoms with Gasteiger partial charge >= 0.3 is 13.1 Å². The molecule has 1 aliphatic heterocycles. The van der Waals surface area contributed by atoms with Crippen LogP contribution >= 0.6 is 0 Å². The van der Waals surface area contributed by atoms with Gasteiger partial charge in [-0.2, -0.15) is 0 Å². The standard InChI is InChI=1S/C14H23BO3.C4H4O2/c1-13(2)14(3,4)18-15(17-13)11-5-9-7-12(16)8-10(9)6-11;1-3-4(5)6-2/h5,9-10,12,16H,6-8H2,1-4H3;1H,2H3. The molecule has 1 saturated carbocycles. The third kappa shape index (κ3) is 3.85. The van der Waals surface area contributed by atoms with Crippen LogP contribution < -0.4 is 0 Å². The van der Waals surface area contributed by atoms with Crippen LogP contribution in [0.4, 0.5) is 0 Å². The molecule has 0 aromatic heterocycles. The molecule has 3 unspecified atom stereocenters. The van der Waals surface area contributed by atoms with Crippen molar-refractivity contribution >= 4 is 13.1 Å². The van der Waals surface area contributed by atoms with Crippen molar-refractivity contribution in [1.82, 2.24) is 0 Å². The molecular weight excluding hydrogens is 307 g/mol. The maximum absolute atomic E-state index is 9.72. The van der Waals surface area contributed by atoms with Gasteiger partial charge in [-0.25, -0.2) is 4.79 Å². The highest BCUT2D eigenvalue weighted by molar-refractivity contribution is 6.54. The van der Waals surface area contributed by atoms with Crippen molar-refractivity contribution in [2.24, 2.45) is 11.8 Å². The molecule has 0 spiro atoms. The zero-order chi connectivity index (χ0) is 18.1. The maximum Gasteiger partial charge on any atom is 0.490 e. The van der Waals surface area contributed by atoms with Crippen molar-refractivity contribution in [3.05, 3.63) is 11.5 Å². The lowest BCUT2D eigenvalue weighted by molar-refractivity contribution is -0.133. The third-order valence-electron chi connectivity index (χ3n) is 5.51. The zero-order valence-corrected chi connectivity index (χ0v) is 15.2. The minimum atomic E-state index is -0.630. The third-order valence-corrected chi connectivity index (χ3v) is 5.51. The molecule has 1 N–H and O–H groups in total. The number of ether oxygens (including phenoxy) is 1. The summed E-state index contributed by atoms with van der Waals surface area (Å²) in [5.41, 5.74) is 0.779. The number of methoxy groups -OCH3 is 1. The minimum absolute atomic E-state index is 0.101. The average Bonchev–Trinajstić information content (AvgIpc) is 3.08. The van der Waals surface area contributed by atoms with Crippen LogP contribution in [0.1, 0.15) is 47.0 Å². The zero-order valence-electron chi connectivity index (χ0n) is 15.2. The molecule has 0 aromatic rings. The normalized spacial score (nSPS) is 32.3. The van der Waals surface area contributed by atoms with Gasteiger partial charge in [0.05, 0.1) is 24.4 Å². The molecule has 1 saturated heterocycles. The van der Waals surface area contributed by atoms with E-state index in [2.05, 4.69) is 44.9 Å². The van der Waals surface area contributed by atoms with Crippen molar-refractivity contribution in [3.8, 4) is 12.3 Å². The fourth-order valence-corrected chi connectivity index (χ4v) is 3.44. The summed E-state index contributed by atoms with van der Waals surface area (Å²) in [6.07, 6.45) is 9.62. The van der Waals surface area contributed by atoms with Crippen molar-refractivity contribution in [1.29, 1.82) is 0 Å². The van der Waals surface area contributed by atoms with Crippen LogP contribution in [0.25, 0.3) is 0 Å². The number of hydrogen-bond acceptors (Lipinski definition) is 5. The second-order valence-electron chi connectivity index (χ2n) is 7.72.